The second-order valence-electron chi connectivity index (χ2n) is 7.76. The fraction of sp³-hybridized carbons (Fsp3) is 0.348. The van der Waals surface area contributed by atoms with E-state index in [1.165, 1.54) is 11.5 Å². The van der Waals surface area contributed by atoms with E-state index in [1.807, 2.05) is 18.2 Å². The zero-order valence-corrected chi connectivity index (χ0v) is 20.6. The maximum absolute atomic E-state index is 12.3. The largest absolute Gasteiger partial charge is 0.497 e. The highest BCUT2D eigenvalue weighted by Crippen LogP contribution is 2.22. The Morgan fingerprint density at radius 1 is 1.12 bits per heavy atom. The molecule has 7 nitrogen and oxygen atoms in total. The van der Waals surface area contributed by atoms with Gasteiger partial charge in [0.15, 0.2) is 0 Å². The maximum atomic E-state index is 12.3. The molecule has 1 fully saturated rings. The zero-order chi connectivity index (χ0) is 23.2. The summed E-state index contributed by atoms with van der Waals surface area (Å²) in [6.07, 6.45) is 0.686. The van der Waals surface area contributed by atoms with Crippen molar-refractivity contribution in [2.24, 2.45) is 0 Å². The van der Waals surface area contributed by atoms with Gasteiger partial charge in [-0.15, -0.1) is 0 Å². The summed E-state index contributed by atoms with van der Waals surface area (Å²) in [5.41, 5.74) is 1.60. The number of halogens is 2. The molecular weight excluding hydrogens is 481 g/mol. The first kappa shape index (κ1) is 23.8. The number of amides is 1. The van der Waals surface area contributed by atoms with Gasteiger partial charge in [-0.3, -0.25) is 9.69 Å². The van der Waals surface area contributed by atoms with Crippen molar-refractivity contribution in [3.8, 4) is 5.75 Å². The molecule has 0 aliphatic carbocycles. The number of hydrogen-bond donors (Lipinski definition) is 1. The third-order valence-electron chi connectivity index (χ3n) is 5.43. The minimum Gasteiger partial charge on any atom is -0.497 e. The Labute approximate surface area is 207 Å². The molecule has 2 heterocycles. The summed E-state index contributed by atoms with van der Waals surface area (Å²) in [4.78, 5) is 21.7. The number of hydrogen-bond acceptors (Lipinski definition) is 7. The molecule has 1 aliphatic heterocycles. The number of methoxy groups -OCH3 is 1. The number of aromatic nitrogens is 2. The van der Waals surface area contributed by atoms with Crippen LogP contribution in [0.2, 0.25) is 10.0 Å². The van der Waals surface area contributed by atoms with Crippen molar-refractivity contribution in [2.75, 3.05) is 51.3 Å². The molecule has 0 saturated carbocycles. The standard InChI is InChI=1S/C23H25Cl2N5O2S/c1-32-20-4-2-3-16(11-20)12-21-27-23(33-28-21)30-9-7-29(8-10-30)6-5-26-22(31)17-13-18(24)15-19(25)14-17/h2-4,11,13-15H,5-10,12H2,1H3,(H,26,31). The van der Waals surface area contributed by atoms with Gasteiger partial charge in [0.05, 0.1) is 7.11 Å². The molecule has 1 amide bonds. The highest BCUT2D eigenvalue weighted by Gasteiger charge is 2.20. The number of anilines is 1. The summed E-state index contributed by atoms with van der Waals surface area (Å²) in [5.74, 6) is 1.50. The van der Waals surface area contributed by atoms with Gasteiger partial charge in [0.2, 0.25) is 5.13 Å². The maximum Gasteiger partial charge on any atom is 0.251 e. The van der Waals surface area contributed by atoms with Crippen LogP contribution in [0.15, 0.2) is 42.5 Å². The first-order valence-electron chi connectivity index (χ1n) is 10.7. The van der Waals surface area contributed by atoms with Crippen molar-refractivity contribution in [3.63, 3.8) is 0 Å². The number of nitrogens with zero attached hydrogens (tertiary/aromatic N) is 4. The Kier molecular flexibility index (Phi) is 8.03. The van der Waals surface area contributed by atoms with E-state index in [4.69, 9.17) is 32.9 Å². The molecule has 0 radical (unpaired) electrons. The van der Waals surface area contributed by atoms with E-state index in [-0.39, 0.29) is 5.91 Å². The number of rotatable bonds is 8. The Hall–Kier alpha value is -2.39. The minimum absolute atomic E-state index is 0.171. The molecule has 2 aromatic carbocycles. The summed E-state index contributed by atoms with van der Waals surface area (Å²) in [7, 11) is 1.67. The van der Waals surface area contributed by atoms with Crippen molar-refractivity contribution >= 4 is 45.8 Å². The molecule has 174 valence electrons. The second-order valence-corrected chi connectivity index (χ2v) is 9.37. The molecule has 10 heteroatoms. The number of ether oxygens (including phenoxy) is 1. The van der Waals surface area contributed by atoms with E-state index in [2.05, 4.69) is 25.6 Å². The molecule has 0 atom stereocenters. The molecule has 0 unspecified atom stereocenters. The first-order chi connectivity index (χ1) is 16.0. The lowest BCUT2D eigenvalue weighted by Crippen LogP contribution is -2.48. The molecule has 1 aromatic heterocycles. The Balaban J connectivity index is 1.22. The number of nitrogens with one attached hydrogen (secondary N) is 1. The number of piperazine rings is 1. The van der Waals surface area contributed by atoms with Crippen molar-refractivity contribution in [1.82, 2.24) is 19.6 Å². The van der Waals surface area contributed by atoms with Crippen molar-refractivity contribution < 1.29 is 9.53 Å². The smallest absolute Gasteiger partial charge is 0.251 e. The Morgan fingerprint density at radius 2 is 1.88 bits per heavy atom. The molecule has 33 heavy (non-hydrogen) atoms. The van der Waals surface area contributed by atoms with Gasteiger partial charge in [-0.25, -0.2) is 4.98 Å². The lowest BCUT2D eigenvalue weighted by Gasteiger charge is -2.34. The van der Waals surface area contributed by atoms with Gasteiger partial charge in [-0.1, -0.05) is 35.3 Å². The average molecular weight is 506 g/mol. The van der Waals surface area contributed by atoms with Gasteiger partial charge >= 0.3 is 0 Å². The average Bonchev–Trinajstić information content (AvgIpc) is 3.27. The number of carbonyl (C=O) groups is 1. The van der Waals surface area contributed by atoms with Gasteiger partial charge in [-0.05, 0) is 35.9 Å². The SMILES string of the molecule is COc1cccc(Cc2nsc(N3CCN(CCNC(=O)c4cc(Cl)cc(Cl)c4)CC3)n2)c1. The van der Waals surface area contributed by atoms with E-state index < -0.39 is 0 Å². The Bertz CT molecular complexity index is 1080. The third kappa shape index (κ3) is 6.57. The molecule has 0 bridgehead atoms. The zero-order valence-electron chi connectivity index (χ0n) is 18.3. The van der Waals surface area contributed by atoms with Crippen LogP contribution in [0.3, 0.4) is 0 Å². The molecule has 3 aromatic rings. The Morgan fingerprint density at radius 3 is 2.61 bits per heavy atom. The van der Waals surface area contributed by atoms with E-state index in [1.54, 1.807) is 25.3 Å². The quantitative estimate of drug-likeness (QED) is 0.498. The van der Waals surface area contributed by atoms with Gasteiger partial charge in [0, 0.05) is 72.8 Å². The van der Waals surface area contributed by atoms with E-state index >= 15 is 0 Å². The number of carbonyl (C=O) groups excluding carboxylic acids is 1. The summed E-state index contributed by atoms with van der Waals surface area (Å²) < 4.78 is 9.83. The minimum atomic E-state index is -0.171. The second kappa shape index (κ2) is 11.2. The molecular formula is C23H25Cl2N5O2S. The monoisotopic (exact) mass is 505 g/mol. The molecule has 1 N–H and O–H groups in total. The fourth-order valence-corrected chi connectivity index (χ4v) is 4.95. The van der Waals surface area contributed by atoms with Crippen LogP contribution >= 0.6 is 34.7 Å². The van der Waals surface area contributed by atoms with Gasteiger partial charge in [-0.2, -0.15) is 4.37 Å². The third-order valence-corrected chi connectivity index (χ3v) is 6.69. The van der Waals surface area contributed by atoms with E-state index in [0.717, 1.165) is 55.0 Å². The summed E-state index contributed by atoms with van der Waals surface area (Å²) in [6, 6.07) is 12.8. The molecule has 4 rings (SSSR count). The van der Waals surface area contributed by atoms with Crippen LogP contribution in [0.4, 0.5) is 5.13 Å². The lowest BCUT2D eigenvalue weighted by molar-refractivity contribution is 0.0948. The fourth-order valence-electron chi connectivity index (χ4n) is 3.69. The topological polar surface area (TPSA) is 70.6 Å². The van der Waals surface area contributed by atoms with E-state index in [9.17, 15) is 4.79 Å². The lowest BCUT2D eigenvalue weighted by atomic mass is 10.1. The van der Waals surface area contributed by atoms with Gasteiger partial charge in [0.25, 0.3) is 5.91 Å². The summed E-state index contributed by atoms with van der Waals surface area (Å²) >= 11 is 13.4. The van der Waals surface area contributed by atoms with Crippen LogP contribution in [0.1, 0.15) is 21.7 Å². The van der Waals surface area contributed by atoms with Crippen molar-refractivity contribution in [3.05, 3.63) is 69.5 Å². The molecule has 1 saturated heterocycles. The van der Waals surface area contributed by atoms with Crippen molar-refractivity contribution in [2.45, 2.75) is 6.42 Å². The van der Waals surface area contributed by atoms with Crippen molar-refractivity contribution in [1.29, 1.82) is 0 Å². The van der Waals surface area contributed by atoms with Crippen LogP contribution in [0.5, 0.6) is 5.75 Å². The van der Waals surface area contributed by atoms with Gasteiger partial charge < -0.3 is 15.0 Å². The normalized spacial score (nSPS) is 14.3. The van der Waals surface area contributed by atoms with Crippen LogP contribution in [0, 0.1) is 0 Å². The predicted octanol–water partition coefficient (Wildman–Crippen LogP) is 4.00. The molecule has 0 spiro atoms. The highest BCUT2D eigenvalue weighted by molar-refractivity contribution is 7.09. The molecule has 1 aliphatic rings. The van der Waals surface area contributed by atoms with Gasteiger partial charge in [0.1, 0.15) is 11.6 Å². The first-order valence-corrected chi connectivity index (χ1v) is 12.2. The summed E-state index contributed by atoms with van der Waals surface area (Å²) in [5, 5.41) is 4.80. The van der Waals surface area contributed by atoms with E-state index in [0.29, 0.717) is 28.6 Å². The highest BCUT2D eigenvalue weighted by atomic mass is 35.5. The predicted molar refractivity (Wildman–Crippen MR) is 133 cm³/mol. The number of benzene rings is 2. The summed E-state index contributed by atoms with van der Waals surface area (Å²) in [6.45, 7) is 4.92. The van der Waals surface area contributed by atoms with Crippen LogP contribution in [-0.2, 0) is 6.42 Å². The van der Waals surface area contributed by atoms with Crippen LogP contribution in [-0.4, -0.2) is 66.5 Å². The van der Waals surface area contributed by atoms with Crippen LogP contribution < -0.4 is 15.0 Å². The van der Waals surface area contributed by atoms with Crippen LogP contribution in [0.25, 0.3) is 0 Å².